The lowest BCUT2D eigenvalue weighted by Crippen LogP contribution is -2.35. The number of rotatable bonds is 3. The van der Waals surface area contributed by atoms with Crippen LogP contribution < -0.4 is 5.32 Å². The maximum atomic E-state index is 5.70. The SMILES string of the molecule is CC(C)CC1C(C2C3CNCC32)=NOC1(C)C. The van der Waals surface area contributed by atoms with Crippen LogP contribution >= 0.6 is 0 Å². The molecule has 3 nitrogen and oxygen atoms in total. The maximum absolute atomic E-state index is 5.70. The Hall–Kier alpha value is -0.570. The fourth-order valence-electron chi connectivity index (χ4n) is 3.68. The third-order valence-electron chi connectivity index (χ3n) is 4.72. The molecule has 3 aliphatic rings. The Morgan fingerprint density at radius 3 is 2.59 bits per heavy atom. The summed E-state index contributed by atoms with van der Waals surface area (Å²) in [5.41, 5.74) is 1.28. The molecule has 3 heteroatoms. The molecule has 2 aliphatic heterocycles. The molecule has 0 bridgehead atoms. The molecule has 0 aromatic heterocycles. The van der Waals surface area contributed by atoms with Gasteiger partial charge in [-0.1, -0.05) is 19.0 Å². The van der Waals surface area contributed by atoms with Crippen molar-refractivity contribution in [3.63, 3.8) is 0 Å². The average molecular weight is 236 g/mol. The first kappa shape index (κ1) is 11.5. The second-order valence-corrected chi connectivity index (χ2v) is 6.90. The van der Waals surface area contributed by atoms with Crippen molar-refractivity contribution in [3.8, 4) is 0 Å². The summed E-state index contributed by atoms with van der Waals surface area (Å²) in [5, 5.41) is 7.91. The molecule has 0 spiro atoms. The normalized spacial score (nSPS) is 42.3. The zero-order valence-corrected chi connectivity index (χ0v) is 11.4. The molecule has 1 saturated heterocycles. The van der Waals surface area contributed by atoms with E-state index in [1.807, 2.05) is 0 Å². The van der Waals surface area contributed by atoms with E-state index in [9.17, 15) is 0 Å². The lowest BCUT2D eigenvalue weighted by molar-refractivity contribution is -0.0184. The minimum absolute atomic E-state index is 0.0933. The molecule has 0 aromatic rings. The van der Waals surface area contributed by atoms with Gasteiger partial charge < -0.3 is 10.2 Å². The number of fused-ring (bicyclic) bond motifs is 1. The smallest absolute Gasteiger partial charge is 0.140 e. The van der Waals surface area contributed by atoms with E-state index < -0.39 is 0 Å². The zero-order valence-electron chi connectivity index (χ0n) is 11.4. The summed E-state index contributed by atoms with van der Waals surface area (Å²) in [5.74, 6) is 3.66. The highest BCUT2D eigenvalue weighted by Gasteiger charge is 2.59. The summed E-state index contributed by atoms with van der Waals surface area (Å²) in [6.07, 6.45) is 1.20. The maximum Gasteiger partial charge on any atom is 0.140 e. The molecule has 1 saturated carbocycles. The summed E-state index contributed by atoms with van der Waals surface area (Å²) in [6, 6.07) is 0. The number of hydrogen-bond donors (Lipinski definition) is 1. The van der Waals surface area contributed by atoms with E-state index in [1.54, 1.807) is 0 Å². The van der Waals surface area contributed by atoms with Gasteiger partial charge in [0.05, 0.1) is 5.71 Å². The van der Waals surface area contributed by atoms with Gasteiger partial charge in [-0.3, -0.25) is 0 Å². The van der Waals surface area contributed by atoms with Gasteiger partial charge in [0.2, 0.25) is 0 Å². The highest BCUT2D eigenvalue weighted by molar-refractivity contribution is 5.93. The van der Waals surface area contributed by atoms with E-state index in [4.69, 9.17) is 4.84 Å². The molecule has 0 amide bonds. The number of hydrogen-bond acceptors (Lipinski definition) is 3. The van der Waals surface area contributed by atoms with Crippen LogP contribution in [0.3, 0.4) is 0 Å². The lowest BCUT2D eigenvalue weighted by Gasteiger charge is -2.27. The van der Waals surface area contributed by atoms with E-state index in [1.165, 1.54) is 25.2 Å². The molecule has 1 N–H and O–H groups in total. The zero-order chi connectivity index (χ0) is 12.2. The summed E-state index contributed by atoms with van der Waals surface area (Å²) in [6.45, 7) is 11.3. The van der Waals surface area contributed by atoms with Gasteiger partial charge in [0.1, 0.15) is 5.60 Å². The van der Waals surface area contributed by atoms with E-state index in [2.05, 4.69) is 38.2 Å². The fraction of sp³-hybridized carbons (Fsp3) is 0.929. The molecule has 3 atom stereocenters. The van der Waals surface area contributed by atoms with Crippen molar-refractivity contribution in [2.24, 2.45) is 34.7 Å². The second kappa shape index (κ2) is 3.71. The molecule has 17 heavy (non-hydrogen) atoms. The van der Waals surface area contributed by atoms with Crippen LogP contribution in [0.1, 0.15) is 34.1 Å². The van der Waals surface area contributed by atoms with Crippen molar-refractivity contribution in [2.45, 2.75) is 39.7 Å². The van der Waals surface area contributed by atoms with Crippen LogP contribution in [0.4, 0.5) is 0 Å². The van der Waals surface area contributed by atoms with Crippen molar-refractivity contribution >= 4 is 5.71 Å². The van der Waals surface area contributed by atoms with Crippen LogP contribution in [0.2, 0.25) is 0 Å². The van der Waals surface area contributed by atoms with Gasteiger partial charge in [-0.05, 0) is 51.1 Å². The first-order valence-electron chi connectivity index (χ1n) is 6.97. The molecule has 2 fully saturated rings. The fourth-order valence-corrected chi connectivity index (χ4v) is 3.68. The third kappa shape index (κ3) is 1.79. The number of nitrogens with zero attached hydrogens (tertiary/aromatic N) is 1. The van der Waals surface area contributed by atoms with Gasteiger partial charge in [-0.2, -0.15) is 0 Å². The second-order valence-electron chi connectivity index (χ2n) is 6.90. The van der Waals surface area contributed by atoms with Crippen LogP contribution in [0.25, 0.3) is 0 Å². The highest BCUT2D eigenvalue weighted by atomic mass is 16.7. The summed E-state index contributed by atoms with van der Waals surface area (Å²) in [7, 11) is 0. The Morgan fingerprint density at radius 2 is 2.00 bits per heavy atom. The molecule has 3 unspecified atom stereocenters. The topological polar surface area (TPSA) is 33.6 Å². The van der Waals surface area contributed by atoms with Gasteiger partial charge >= 0.3 is 0 Å². The van der Waals surface area contributed by atoms with Crippen LogP contribution in [0.5, 0.6) is 0 Å². The number of piperidine rings is 1. The van der Waals surface area contributed by atoms with Gasteiger partial charge in [-0.25, -0.2) is 0 Å². The molecule has 1 aliphatic carbocycles. The Labute approximate surface area is 104 Å². The largest absolute Gasteiger partial charge is 0.389 e. The summed E-state index contributed by atoms with van der Waals surface area (Å²) >= 11 is 0. The third-order valence-corrected chi connectivity index (χ3v) is 4.72. The first-order chi connectivity index (χ1) is 8.00. The number of nitrogens with one attached hydrogen (secondary N) is 1. The van der Waals surface area contributed by atoms with E-state index >= 15 is 0 Å². The van der Waals surface area contributed by atoms with E-state index in [0.717, 1.165) is 17.8 Å². The van der Waals surface area contributed by atoms with Crippen molar-refractivity contribution in [1.82, 2.24) is 5.32 Å². The Morgan fingerprint density at radius 1 is 1.35 bits per heavy atom. The predicted octanol–water partition coefficient (Wildman–Crippen LogP) is 2.28. The molecule has 96 valence electrons. The van der Waals surface area contributed by atoms with Gasteiger partial charge in [0.25, 0.3) is 0 Å². The standard InChI is InChI=1S/C14H24N2O/c1-8(2)5-11-13(16-17-14(11,3)4)12-9-6-15-7-10(9)12/h8-12,15H,5-7H2,1-4H3. The van der Waals surface area contributed by atoms with Crippen LogP contribution in [-0.2, 0) is 4.84 Å². The van der Waals surface area contributed by atoms with Crippen molar-refractivity contribution in [1.29, 1.82) is 0 Å². The number of oxime groups is 1. The highest BCUT2D eigenvalue weighted by Crippen LogP contribution is 2.54. The molecular weight excluding hydrogens is 212 g/mol. The van der Waals surface area contributed by atoms with Crippen molar-refractivity contribution in [3.05, 3.63) is 0 Å². The minimum atomic E-state index is -0.0933. The molecule has 3 rings (SSSR count). The first-order valence-corrected chi connectivity index (χ1v) is 6.97. The summed E-state index contributed by atoms with van der Waals surface area (Å²) < 4.78 is 0. The molecular formula is C14H24N2O. The minimum Gasteiger partial charge on any atom is -0.389 e. The molecule has 2 heterocycles. The van der Waals surface area contributed by atoms with Crippen LogP contribution in [0, 0.1) is 29.6 Å². The summed E-state index contributed by atoms with van der Waals surface area (Å²) in [4.78, 5) is 5.70. The molecule has 0 radical (unpaired) electrons. The van der Waals surface area contributed by atoms with Gasteiger partial charge in [0, 0.05) is 11.8 Å². The monoisotopic (exact) mass is 236 g/mol. The van der Waals surface area contributed by atoms with E-state index in [0.29, 0.717) is 11.8 Å². The Bertz CT molecular complexity index is 338. The van der Waals surface area contributed by atoms with Crippen LogP contribution in [-0.4, -0.2) is 24.4 Å². The van der Waals surface area contributed by atoms with E-state index in [-0.39, 0.29) is 5.60 Å². The quantitative estimate of drug-likeness (QED) is 0.815. The lowest BCUT2D eigenvalue weighted by atomic mass is 9.79. The van der Waals surface area contributed by atoms with Crippen molar-refractivity contribution in [2.75, 3.05) is 13.1 Å². The average Bonchev–Trinajstić information content (AvgIpc) is 2.60. The Kier molecular flexibility index (Phi) is 2.51. The molecule has 0 aromatic carbocycles. The van der Waals surface area contributed by atoms with Crippen LogP contribution in [0.15, 0.2) is 5.16 Å². The predicted molar refractivity (Wildman–Crippen MR) is 68.9 cm³/mol. The Balaban J connectivity index is 1.75. The van der Waals surface area contributed by atoms with Gasteiger partial charge in [-0.15, -0.1) is 0 Å². The van der Waals surface area contributed by atoms with Gasteiger partial charge in [0.15, 0.2) is 0 Å². The van der Waals surface area contributed by atoms with Crippen molar-refractivity contribution < 1.29 is 4.84 Å².